The van der Waals surface area contributed by atoms with Crippen molar-refractivity contribution in [2.45, 2.75) is 45.9 Å². The lowest BCUT2D eigenvalue weighted by Crippen LogP contribution is -2.37. The van der Waals surface area contributed by atoms with E-state index in [9.17, 15) is 0 Å². The molecule has 0 heterocycles. The minimum absolute atomic E-state index is 0.110. The standard InChI is InChI=1S/C15H26N2O/c1-3-15(4-2)17(10-9-16)11-13-5-7-14(12-18)8-6-13/h5-8,15,18H,3-4,9-12,16H2,1-2H3. The maximum Gasteiger partial charge on any atom is 0.0681 e. The van der Waals surface area contributed by atoms with Gasteiger partial charge in [-0.15, -0.1) is 0 Å². The summed E-state index contributed by atoms with van der Waals surface area (Å²) in [6, 6.07) is 8.77. The highest BCUT2D eigenvalue weighted by atomic mass is 16.3. The maximum absolute atomic E-state index is 9.03. The van der Waals surface area contributed by atoms with E-state index in [0.717, 1.165) is 31.5 Å². The van der Waals surface area contributed by atoms with E-state index < -0.39 is 0 Å². The van der Waals surface area contributed by atoms with Crippen LogP contribution in [0.15, 0.2) is 24.3 Å². The molecule has 1 rings (SSSR count). The molecule has 0 radical (unpaired) electrons. The third-order valence-corrected chi connectivity index (χ3v) is 3.47. The average Bonchev–Trinajstić information content (AvgIpc) is 2.41. The monoisotopic (exact) mass is 250 g/mol. The van der Waals surface area contributed by atoms with Crippen molar-refractivity contribution in [2.75, 3.05) is 13.1 Å². The van der Waals surface area contributed by atoms with Gasteiger partial charge in [-0.25, -0.2) is 0 Å². The second-order valence-corrected chi connectivity index (χ2v) is 4.70. The van der Waals surface area contributed by atoms with Crippen molar-refractivity contribution < 1.29 is 5.11 Å². The van der Waals surface area contributed by atoms with E-state index in [2.05, 4.69) is 30.9 Å². The van der Waals surface area contributed by atoms with Crippen molar-refractivity contribution in [1.82, 2.24) is 4.90 Å². The summed E-state index contributed by atoms with van der Waals surface area (Å²) >= 11 is 0. The molecule has 3 nitrogen and oxygen atoms in total. The molecule has 0 saturated heterocycles. The quantitative estimate of drug-likeness (QED) is 0.743. The summed E-state index contributed by atoms with van der Waals surface area (Å²) in [5.74, 6) is 0. The first-order valence-corrected chi connectivity index (χ1v) is 6.87. The lowest BCUT2D eigenvalue weighted by Gasteiger charge is -2.30. The van der Waals surface area contributed by atoms with Crippen LogP contribution >= 0.6 is 0 Å². The Kier molecular flexibility index (Phi) is 6.94. The molecule has 0 aliphatic rings. The Bertz CT molecular complexity index is 320. The molecule has 0 aromatic heterocycles. The fraction of sp³-hybridized carbons (Fsp3) is 0.600. The van der Waals surface area contributed by atoms with E-state index in [0.29, 0.717) is 12.6 Å². The third kappa shape index (κ3) is 4.41. The summed E-state index contributed by atoms with van der Waals surface area (Å²) < 4.78 is 0. The Morgan fingerprint density at radius 1 is 1.11 bits per heavy atom. The van der Waals surface area contributed by atoms with E-state index in [1.165, 1.54) is 5.56 Å². The topological polar surface area (TPSA) is 49.5 Å². The molecule has 0 unspecified atom stereocenters. The zero-order valence-electron chi connectivity index (χ0n) is 11.6. The number of hydrogen-bond acceptors (Lipinski definition) is 3. The van der Waals surface area contributed by atoms with Crippen molar-refractivity contribution in [3.05, 3.63) is 35.4 Å². The molecule has 3 heteroatoms. The van der Waals surface area contributed by atoms with E-state index in [1.807, 2.05) is 12.1 Å². The number of aliphatic hydroxyl groups is 1. The number of aliphatic hydroxyl groups excluding tert-OH is 1. The van der Waals surface area contributed by atoms with E-state index in [4.69, 9.17) is 10.8 Å². The van der Waals surface area contributed by atoms with Crippen LogP contribution in [0.3, 0.4) is 0 Å². The fourth-order valence-corrected chi connectivity index (χ4v) is 2.35. The molecule has 18 heavy (non-hydrogen) atoms. The summed E-state index contributed by atoms with van der Waals surface area (Å²) in [6.45, 7) is 7.15. The Hall–Kier alpha value is -0.900. The fourth-order valence-electron chi connectivity index (χ4n) is 2.35. The van der Waals surface area contributed by atoms with Crippen LogP contribution in [0.2, 0.25) is 0 Å². The minimum atomic E-state index is 0.110. The summed E-state index contributed by atoms with van der Waals surface area (Å²) in [7, 11) is 0. The van der Waals surface area contributed by atoms with Crippen molar-refractivity contribution in [3.8, 4) is 0 Å². The lowest BCUT2D eigenvalue weighted by atomic mass is 10.1. The highest BCUT2D eigenvalue weighted by Gasteiger charge is 2.14. The van der Waals surface area contributed by atoms with Crippen LogP contribution in [0.5, 0.6) is 0 Å². The van der Waals surface area contributed by atoms with Gasteiger partial charge in [0.15, 0.2) is 0 Å². The van der Waals surface area contributed by atoms with E-state index in [-0.39, 0.29) is 6.61 Å². The SMILES string of the molecule is CCC(CC)N(CCN)Cc1ccc(CO)cc1. The van der Waals surface area contributed by atoms with Crippen LogP contribution in [0.4, 0.5) is 0 Å². The Labute approximate surface area is 111 Å². The summed E-state index contributed by atoms with van der Waals surface area (Å²) in [6.07, 6.45) is 2.32. The van der Waals surface area contributed by atoms with Gasteiger partial charge in [0.2, 0.25) is 0 Å². The Balaban J connectivity index is 2.69. The molecule has 0 saturated carbocycles. The van der Waals surface area contributed by atoms with Gasteiger partial charge >= 0.3 is 0 Å². The largest absolute Gasteiger partial charge is 0.392 e. The Morgan fingerprint density at radius 2 is 1.67 bits per heavy atom. The van der Waals surface area contributed by atoms with Gasteiger partial charge in [0.1, 0.15) is 0 Å². The minimum Gasteiger partial charge on any atom is -0.392 e. The van der Waals surface area contributed by atoms with Gasteiger partial charge in [0.25, 0.3) is 0 Å². The van der Waals surface area contributed by atoms with Crippen LogP contribution in [-0.2, 0) is 13.2 Å². The second-order valence-electron chi connectivity index (χ2n) is 4.70. The first-order valence-electron chi connectivity index (χ1n) is 6.87. The van der Waals surface area contributed by atoms with Gasteiger partial charge in [-0.1, -0.05) is 38.1 Å². The Morgan fingerprint density at radius 3 is 2.11 bits per heavy atom. The van der Waals surface area contributed by atoms with Crippen molar-refractivity contribution in [1.29, 1.82) is 0 Å². The smallest absolute Gasteiger partial charge is 0.0681 e. The molecule has 0 atom stereocenters. The summed E-state index contributed by atoms with van der Waals surface area (Å²) in [5.41, 5.74) is 7.95. The third-order valence-electron chi connectivity index (χ3n) is 3.47. The molecule has 3 N–H and O–H groups in total. The molecular weight excluding hydrogens is 224 g/mol. The van der Waals surface area contributed by atoms with E-state index >= 15 is 0 Å². The molecule has 1 aromatic carbocycles. The van der Waals surface area contributed by atoms with Crippen LogP contribution in [-0.4, -0.2) is 29.1 Å². The molecule has 0 bridgehead atoms. The number of rotatable bonds is 8. The predicted octanol–water partition coefficient (Wildman–Crippen LogP) is 2.13. The first kappa shape index (κ1) is 15.2. The van der Waals surface area contributed by atoms with Crippen molar-refractivity contribution in [2.24, 2.45) is 5.73 Å². The number of nitrogens with two attached hydrogens (primary N) is 1. The molecule has 0 aliphatic carbocycles. The van der Waals surface area contributed by atoms with Gasteiger partial charge in [-0.05, 0) is 24.0 Å². The highest BCUT2D eigenvalue weighted by molar-refractivity contribution is 5.21. The van der Waals surface area contributed by atoms with Gasteiger partial charge in [-0.2, -0.15) is 0 Å². The van der Waals surface area contributed by atoms with E-state index in [1.54, 1.807) is 0 Å². The zero-order valence-corrected chi connectivity index (χ0v) is 11.6. The van der Waals surface area contributed by atoms with Crippen LogP contribution in [0, 0.1) is 0 Å². The van der Waals surface area contributed by atoms with Gasteiger partial charge in [0.05, 0.1) is 6.61 Å². The van der Waals surface area contributed by atoms with Crippen LogP contribution in [0.25, 0.3) is 0 Å². The molecule has 102 valence electrons. The molecule has 1 aromatic rings. The summed E-state index contributed by atoms with van der Waals surface area (Å²) in [4.78, 5) is 2.45. The molecule has 0 spiro atoms. The lowest BCUT2D eigenvalue weighted by molar-refractivity contribution is 0.182. The number of nitrogens with zero attached hydrogens (tertiary/aromatic N) is 1. The summed E-state index contributed by atoms with van der Waals surface area (Å²) in [5, 5.41) is 9.03. The molecular formula is C15H26N2O. The van der Waals surface area contributed by atoms with Crippen LogP contribution < -0.4 is 5.73 Å². The second kappa shape index (κ2) is 8.25. The van der Waals surface area contributed by atoms with Crippen molar-refractivity contribution >= 4 is 0 Å². The zero-order chi connectivity index (χ0) is 13.4. The first-order chi connectivity index (χ1) is 8.74. The molecule has 0 fully saturated rings. The van der Waals surface area contributed by atoms with Gasteiger partial charge in [-0.3, -0.25) is 4.90 Å². The normalized spacial score (nSPS) is 11.4. The van der Waals surface area contributed by atoms with Gasteiger partial charge in [0, 0.05) is 25.7 Å². The number of benzene rings is 1. The molecule has 0 aliphatic heterocycles. The average molecular weight is 250 g/mol. The molecule has 0 amide bonds. The predicted molar refractivity (Wildman–Crippen MR) is 76.2 cm³/mol. The highest BCUT2D eigenvalue weighted by Crippen LogP contribution is 2.14. The van der Waals surface area contributed by atoms with Gasteiger partial charge < -0.3 is 10.8 Å². The maximum atomic E-state index is 9.03. The van der Waals surface area contributed by atoms with Crippen LogP contribution in [0.1, 0.15) is 37.8 Å². The van der Waals surface area contributed by atoms with Crippen molar-refractivity contribution in [3.63, 3.8) is 0 Å². The number of hydrogen-bond donors (Lipinski definition) is 2.